The van der Waals surface area contributed by atoms with E-state index < -0.39 is 6.10 Å². The average Bonchev–Trinajstić information content (AvgIpc) is 2.34. The smallest absolute Gasteiger partial charge is 0.0772 e. The molecule has 0 aliphatic carbocycles. The molecule has 1 atom stereocenters. The van der Waals surface area contributed by atoms with Gasteiger partial charge in [-0.15, -0.1) is 0 Å². The standard InChI is InChI=1S/C16H18OS/c1-11-8-9-12(2)16(10-11)18-15-7-5-4-6-14(15)13(3)17/h4-10,13,17H,1-3H3/t13-/m1/s1. The van der Waals surface area contributed by atoms with Crippen molar-refractivity contribution in [1.29, 1.82) is 0 Å². The zero-order chi connectivity index (χ0) is 13.1. The van der Waals surface area contributed by atoms with Crippen LogP contribution >= 0.6 is 11.8 Å². The van der Waals surface area contributed by atoms with E-state index in [4.69, 9.17) is 0 Å². The highest BCUT2D eigenvalue weighted by Gasteiger charge is 2.09. The van der Waals surface area contributed by atoms with E-state index in [1.807, 2.05) is 25.1 Å². The SMILES string of the molecule is Cc1ccc(C)c(Sc2ccccc2[C@@H](C)O)c1. The maximum atomic E-state index is 9.79. The maximum Gasteiger partial charge on any atom is 0.0772 e. The van der Waals surface area contributed by atoms with Gasteiger partial charge in [0, 0.05) is 9.79 Å². The van der Waals surface area contributed by atoms with Crippen molar-refractivity contribution in [3.8, 4) is 0 Å². The molecular weight excluding hydrogens is 240 g/mol. The molecule has 0 radical (unpaired) electrons. The highest BCUT2D eigenvalue weighted by molar-refractivity contribution is 7.99. The molecule has 1 nitrogen and oxygen atoms in total. The second-order valence-electron chi connectivity index (χ2n) is 4.58. The van der Waals surface area contributed by atoms with Crippen molar-refractivity contribution in [2.45, 2.75) is 36.7 Å². The van der Waals surface area contributed by atoms with Gasteiger partial charge in [-0.3, -0.25) is 0 Å². The van der Waals surface area contributed by atoms with Crippen molar-refractivity contribution in [2.24, 2.45) is 0 Å². The fourth-order valence-electron chi connectivity index (χ4n) is 1.85. The van der Waals surface area contributed by atoms with Crippen molar-refractivity contribution in [1.82, 2.24) is 0 Å². The minimum Gasteiger partial charge on any atom is -0.389 e. The molecule has 2 rings (SSSR count). The van der Waals surface area contributed by atoms with Crippen LogP contribution in [-0.2, 0) is 0 Å². The van der Waals surface area contributed by atoms with Gasteiger partial charge in [0.25, 0.3) is 0 Å². The van der Waals surface area contributed by atoms with Crippen molar-refractivity contribution < 1.29 is 5.11 Å². The predicted octanol–water partition coefficient (Wildman–Crippen LogP) is 4.51. The summed E-state index contributed by atoms with van der Waals surface area (Å²) in [6.45, 7) is 6.03. The number of hydrogen-bond donors (Lipinski definition) is 1. The van der Waals surface area contributed by atoms with Crippen LogP contribution in [0.25, 0.3) is 0 Å². The number of rotatable bonds is 3. The van der Waals surface area contributed by atoms with Crippen LogP contribution < -0.4 is 0 Å². The molecule has 0 amide bonds. The Morgan fingerprint density at radius 1 is 1.00 bits per heavy atom. The van der Waals surface area contributed by atoms with E-state index in [-0.39, 0.29) is 0 Å². The van der Waals surface area contributed by atoms with Gasteiger partial charge >= 0.3 is 0 Å². The van der Waals surface area contributed by atoms with E-state index in [0.29, 0.717) is 0 Å². The summed E-state index contributed by atoms with van der Waals surface area (Å²) in [5, 5.41) is 9.79. The summed E-state index contributed by atoms with van der Waals surface area (Å²) in [7, 11) is 0. The van der Waals surface area contributed by atoms with E-state index in [9.17, 15) is 5.11 Å². The number of aliphatic hydroxyl groups is 1. The van der Waals surface area contributed by atoms with Gasteiger partial charge in [-0.1, -0.05) is 42.1 Å². The Labute approximate surface area is 113 Å². The molecule has 2 aromatic carbocycles. The van der Waals surface area contributed by atoms with Gasteiger partial charge in [-0.05, 0) is 49.6 Å². The first kappa shape index (κ1) is 13.2. The summed E-state index contributed by atoms with van der Waals surface area (Å²) in [5.74, 6) is 0. The number of benzene rings is 2. The molecule has 0 aliphatic heterocycles. The first-order valence-electron chi connectivity index (χ1n) is 6.10. The Kier molecular flexibility index (Phi) is 4.10. The molecule has 0 spiro atoms. The Hall–Kier alpha value is -1.25. The molecule has 0 bridgehead atoms. The lowest BCUT2D eigenvalue weighted by molar-refractivity contribution is 0.196. The molecule has 0 aromatic heterocycles. The molecule has 1 N–H and O–H groups in total. The second kappa shape index (κ2) is 5.59. The highest BCUT2D eigenvalue weighted by atomic mass is 32.2. The van der Waals surface area contributed by atoms with Gasteiger partial charge in [0.15, 0.2) is 0 Å². The quantitative estimate of drug-likeness (QED) is 0.874. The molecule has 18 heavy (non-hydrogen) atoms. The molecule has 2 heteroatoms. The minimum atomic E-state index is -0.432. The topological polar surface area (TPSA) is 20.2 Å². The third-order valence-electron chi connectivity index (χ3n) is 2.93. The Bertz CT molecular complexity index is 547. The van der Waals surface area contributed by atoms with Crippen LogP contribution in [0.4, 0.5) is 0 Å². The maximum absolute atomic E-state index is 9.79. The van der Waals surface area contributed by atoms with E-state index in [1.54, 1.807) is 11.8 Å². The number of hydrogen-bond acceptors (Lipinski definition) is 2. The minimum absolute atomic E-state index is 0.432. The molecular formula is C16H18OS. The molecule has 0 fully saturated rings. The van der Waals surface area contributed by atoms with Gasteiger partial charge in [0.2, 0.25) is 0 Å². The summed E-state index contributed by atoms with van der Waals surface area (Å²) in [6.07, 6.45) is -0.432. The molecule has 2 aromatic rings. The van der Waals surface area contributed by atoms with Crippen LogP contribution in [0.3, 0.4) is 0 Å². The van der Waals surface area contributed by atoms with E-state index >= 15 is 0 Å². The monoisotopic (exact) mass is 258 g/mol. The fraction of sp³-hybridized carbons (Fsp3) is 0.250. The molecule has 0 aliphatic rings. The Balaban J connectivity index is 2.37. The zero-order valence-electron chi connectivity index (χ0n) is 11.0. The fourth-order valence-corrected chi connectivity index (χ4v) is 3.07. The van der Waals surface area contributed by atoms with E-state index in [0.717, 1.165) is 10.5 Å². The van der Waals surface area contributed by atoms with Crippen molar-refractivity contribution in [3.63, 3.8) is 0 Å². The first-order valence-corrected chi connectivity index (χ1v) is 6.91. The molecule has 0 saturated heterocycles. The summed E-state index contributed by atoms with van der Waals surface area (Å²) in [4.78, 5) is 2.38. The molecule has 0 unspecified atom stereocenters. The first-order chi connectivity index (χ1) is 8.58. The van der Waals surface area contributed by atoms with E-state index in [1.165, 1.54) is 16.0 Å². The van der Waals surface area contributed by atoms with Crippen LogP contribution in [0.15, 0.2) is 52.3 Å². The van der Waals surface area contributed by atoms with Crippen LogP contribution in [0.5, 0.6) is 0 Å². The van der Waals surface area contributed by atoms with Gasteiger partial charge in [0.1, 0.15) is 0 Å². The van der Waals surface area contributed by atoms with E-state index in [2.05, 4.69) is 38.1 Å². The summed E-state index contributed by atoms with van der Waals surface area (Å²) >= 11 is 1.72. The lowest BCUT2D eigenvalue weighted by Crippen LogP contribution is -1.93. The lowest BCUT2D eigenvalue weighted by Gasteiger charge is -2.13. The normalized spacial score (nSPS) is 12.4. The molecule has 0 saturated carbocycles. The molecule has 94 valence electrons. The number of aliphatic hydroxyl groups excluding tert-OH is 1. The Morgan fingerprint density at radius 2 is 1.72 bits per heavy atom. The summed E-state index contributed by atoms with van der Waals surface area (Å²) in [6, 6.07) is 14.5. The summed E-state index contributed by atoms with van der Waals surface area (Å²) < 4.78 is 0. The van der Waals surface area contributed by atoms with Gasteiger partial charge in [0.05, 0.1) is 6.10 Å². The van der Waals surface area contributed by atoms with Gasteiger partial charge < -0.3 is 5.11 Å². The predicted molar refractivity (Wildman–Crippen MR) is 77.1 cm³/mol. The van der Waals surface area contributed by atoms with Crippen molar-refractivity contribution in [3.05, 3.63) is 59.2 Å². The average molecular weight is 258 g/mol. The van der Waals surface area contributed by atoms with Gasteiger partial charge in [-0.25, -0.2) is 0 Å². The molecule has 0 heterocycles. The van der Waals surface area contributed by atoms with Crippen molar-refractivity contribution >= 4 is 11.8 Å². The van der Waals surface area contributed by atoms with Gasteiger partial charge in [-0.2, -0.15) is 0 Å². The van der Waals surface area contributed by atoms with Crippen LogP contribution in [-0.4, -0.2) is 5.11 Å². The second-order valence-corrected chi connectivity index (χ2v) is 5.67. The Morgan fingerprint density at radius 3 is 2.44 bits per heavy atom. The zero-order valence-corrected chi connectivity index (χ0v) is 11.8. The third-order valence-corrected chi connectivity index (χ3v) is 4.18. The lowest BCUT2D eigenvalue weighted by atomic mass is 10.1. The van der Waals surface area contributed by atoms with Crippen LogP contribution in [0, 0.1) is 13.8 Å². The third kappa shape index (κ3) is 2.95. The highest BCUT2D eigenvalue weighted by Crippen LogP contribution is 2.35. The largest absolute Gasteiger partial charge is 0.389 e. The van der Waals surface area contributed by atoms with Crippen molar-refractivity contribution in [2.75, 3.05) is 0 Å². The van der Waals surface area contributed by atoms with Crippen LogP contribution in [0.1, 0.15) is 29.7 Å². The summed E-state index contributed by atoms with van der Waals surface area (Å²) in [5.41, 5.74) is 3.52. The van der Waals surface area contributed by atoms with Crippen LogP contribution in [0.2, 0.25) is 0 Å². The number of aryl methyl sites for hydroxylation is 2.